The average molecular weight is 269 g/mol. The zero-order chi connectivity index (χ0) is 11.8. The molecule has 0 aromatic heterocycles. The van der Waals surface area contributed by atoms with Crippen molar-refractivity contribution in [3.05, 3.63) is 0 Å². The van der Waals surface area contributed by atoms with Gasteiger partial charge in [-0.1, -0.05) is 0 Å². The van der Waals surface area contributed by atoms with E-state index in [9.17, 15) is 25.3 Å². The van der Waals surface area contributed by atoms with E-state index in [1.807, 2.05) is 0 Å². The Hall–Kier alpha value is -0.350. The van der Waals surface area contributed by atoms with Crippen molar-refractivity contribution in [3.63, 3.8) is 0 Å². The minimum absolute atomic E-state index is 0.880. The molecule has 0 saturated carbocycles. The summed E-state index contributed by atoms with van der Waals surface area (Å²) in [5.41, 5.74) is 0. The van der Waals surface area contributed by atoms with Crippen LogP contribution in [0.5, 0.6) is 0 Å². The second kappa shape index (κ2) is 3.66. The SMILES string of the molecule is NS(=O)(=O)NN(S(N)(=O)=O)S(N)(=O)=O. The summed E-state index contributed by atoms with van der Waals surface area (Å²) in [6.07, 6.45) is 0. The number of nitrogens with zero attached hydrogens (tertiary/aromatic N) is 1. The standard InChI is InChI=1S/H7N5O6S3/c1-12(6,7)4-5(13(2,8)9)14(3,10)11/h4H,(H2,1,6,7)(H2,2,8,9)(H2,3,10,11). The monoisotopic (exact) mass is 269 g/mol. The van der Waals surface area contributed by atoms with Crippen molar-refractivity contribution in [3.8, 4) is 0 Å². The van der Waals surface area contributed by atoms with Gasteiger partial charge in [-0.25, -0.2) is 15.4 Å². The van der Waals surface area contributed by atoms with Crippen molar-refractivity contribution >= 4 is 30.6 Å². The van der Waals surface area contributed by atoms with Gasteiger partial charge < -0.3 is 0 Å². The Morgan fingerprint density at radius 3 is 1.14 bits per heavy atom. The third-order valence-corrected chi connectivity index (χ3v) is 3.69. The van der Waals surface area contributed by atoms with Crippen LogP contribution in [0.25, 0.3) is 0 Å². The highest BCUT2D eigenvalue weighted by Gasteiger charge is 2.31. The van der Waals surface area contributed by atoms with Gasteiger partial charge in [-0.3, -0.25) is 0 Å². The van der Waals surface area contributed by atoms with Gasteiger partial charge in [0.05, 0.1) is 0 Å². The van der Waals surface area contributed by atoms with Gasteiger partial charge in [-0.15, -0.1) is 4.83 Å². The number of rotatable bonds is 4. The van der Waals surface area contributed by atoms with E-state index < -0.39 is 34.4 Å². The zero-order valence-corrected chi connectivity index (χ0v) is 8.80. The second-order valence-corrected chi connectivity index (χ2v) is 6.22. The molecular weight excluding hydrogens is 262 g/mol. The maximum absolute atomic E-state index is 10.5. The minimum atomic E-state index is -4.91. The molecule has 0 aliphatic heterocycles. The Morgan fingerprint density at radius 1 is 0.786 bits per heavy atom. The highest BCUT2D eigenvalue weighted by Crippen LogP contribution is 1.95. The molecule has 0 bridgehead atoms. The lowest BCUT2D eigenvalue weighted by atomic mass is 12.9. The van der Waals surface area contributed by atoms with Gasteiger partial charge in [0.25, 0.3) is 10.2 Å². The molecule has 14 heteroatoms. The van der Waals surface area contributed by atoms with E-state index in [0.29, 0.717) is 0 Å². The summed E-state index contributed by atoms with van der Waals surface area (Å²) in [7, 11) is -14.4. The third-order valence-electron chi connectivity index (χ3n) is 0.664. The van der Waals surface area contributed by atoms with E-state index in [1.165, 1.54) is 0 Å². The van der Waals surface area contributed by atoms with Crippen molar-refractivity contribution in [2.75, 3.05) is 0 Å². The first kappa shape index (κ1) is 13.7. The molecule has 0 rings (SSSR count). The molecule has 86 valence electrons. The predicted molar refractivity (Wildman–Crippen MR) is 44.3 cm³/mol. The Labute approximate surface area is 80.4 Å². The van der Waals surface area contributed by atoms with Gasteiger partial charge in [0.15, 0.2) is 0 Å². The third kappa shape index (κ3) is 4.77. The van der Waals surface area contributed by atoms with E-state index in [4.69, 9.17) is 0 Å². The van der Waals surface area contributed by atoms with Gasteiger partial charge >= 0.3 is 20.4 Å². The Morgan fingerprint density at radius 2 is 1.07 bits per heavy atom. The lowest BCUT2D eigenvalue weighted by Gasteiger charge is -2.14. The molecule has 0 heterocycles. The van der Waals surface area contributed by atoms with Crippen molar-refractivity contribution in [1.82, 2.24) is 8.65 Å². The fourth-order valence-electron chi connectivity index (χ4n) is 0.353. The van der Waals surface area contributed by atoms with Gasteiger partial charge in [0.1, 0.15) is 0 Å². The number of hydrogen-bond acceptors (Lipinski definition) is 6. The molecule has 0 saturated heterocycles. The smallest absolute Gasteiger partial charge is 0.215 e. The van der Waals surface area contributed by atoms with E-state index in [1.54, 1.807) is 0 Å². The average Bonchev–Trinajstić information content (AvgIpc) is 1.75. The Bertz CT molecular complexity index is 462. The van der Waals surface area contributed by atoms with E-state index in [2.05, 4.69) is 15.4 Å². The molecule has 7 N–H and O–H groups in total. The Balaban J connectivity index is 5.41. The molecule has 0 amide bonds. The molecule has 14 heavy (non-hydrogen) atoms. The van der Waals surface area contributed by atoms with E-state index >= 15 is 0 Å². The molecule has 0 aromatic rings. The van der Waals surface area contributed by atoms with Crippen LogP contribution in [0.4, 0.5) is 0 Å². The van der Waals surface area contributed by atoms with Gasteiger partial charge in [0.2, 0.25) is 0 Å². The second-order valence-electron chi connectivity index (χ2n) is 1.92. The fourth-order valence-corrected chi connectivity index (χ4v) is 3.17. The van der Waals surface area contributed by atoms with Crippen molar-refractivity contribution in [2.45, 2.75) is 0 Å². The normalized spacial score (nSPS) is 14.6. The van der Waals surface area contributed by atoms with Crippen LogP contribution in [0.2, 0.25) is 0 Å². The molecule has 11 nitrogen and oxygen atoms in total. The first-order valence-electron chi connectivity index (χ1n) is 2.50. The maximum atomic E-state index is 10.5. The molecule has 0 aliphatic carbocycles. The van der Waals surface area contributed by atoms with Gasteiger partial charge in [-0.05, 0) is 0 Å². The largest absolute Gasteiger partial charge is 0.305 e. The van der Waals surface area contributed by atoms with Crippen LogP contribution in [0.1, 0.15) is 0 Å². The molecule has 0 fully saturated rings. The summed E-state index contributed by atoms with van der Waals surface area (Å²) in [4.78, 5) is 0.894. The predicted octanol–water partition coefficient (Wildman–Crippen LogP) is -4.60. The first-order chi connectivity index (χ1) is 5.84. The Kier molecular flexibility index (Phi) is 3.57. The zero-order valence-electron chi connectivity index (χ0n) is 6.35. The summed E-state index contributed by atoms with van der Waals surface area (Å²) in [5.74, 6) is 0. The van der Waals surface area contributed by atoms with Crippen LogP contribution >= 0.6 is 0 Å². The maximum Gasteiger partial charge on any atom is 0.305 e. The van der Waals surface area contributed by atoms with Crippen LogP contribution in [0, 0.1) is 0 Å². The van der Waals surface area contributed by atoms with Crippen molar-refractivity contribution in [1.29, 1.82) is 0 Å². The molecule has 0 unspecified atom stereocenters. The van der Waals surface area contributed by atoms with Crippen LogP contribution in [-0.2, 0) is 30.6 Å². The molecule has 0 radical (unpaired) electrons. The highest BCUT2D eigenvalue weighted by molar-refractivity contribution is 8.02. The summed E-state index contributed by atoms with van der Waals surface area (Å²) < 4.78 is 61.8. The van der Waals surface area contributed by atoms with Crippen LogP contribution in [-0.4, -0.2) is 29.1 Å². The number of nitrogens with one attached hydrogen (secondary N) is 1. The summed E-state index contributed by atoms with van der Waals surface area (Å²) in [6.45, 7) is 0. The van der Waals surface area contributed by atoms with Crippen LogP contribution < -0.4 is 20.2 Å². The first-order valence-corrected chi connectivity index (χ1v) is 7.05. The number of hydrazine groups is 1. The number of hydrogen-bond donors (Lipinski definition) is 4. The number of nitrogens with two attached hydrogens (primary N) is 3. The fraction of sp³-hybridized carbons (Fsp3) is 0. The summed E-state index contributed by atoms with van der Waals surface area (Å²) in [5, 5.41) is 13.0. The quantitative estimate of drug-likeness (QED) is 0.370. The van der Waals surface area contributed by atoms with Crippen molar-refractivity contribution < 1.29 is 25.3 Å². The summed E-state index contributed by atoms with van der Waals surface area (Å²) >= 11 is 0. The van der Waals surface area contributed by atoms with Gasteiger partial charge in [-0.2, -0.15) is 25.3 Å². The molecule has 0 atom stereocenters. The summed E-state index contributed by atoms with van der Waals surface area (Å²) in [6, 6.07) is 0. The topological polar surface area (TPSA) is 196 Å². The lowest BCUT2D eigenvalue weighted by Crippen LogP contribution is -2.56. The van der Waals surface area contributed by atoms with Crippen molar-refractivity contribution in [2.24, 2.45) is 15.4 Å². The molecular formula is H7N5O6S3. The molecule has 0 aliphatic rings. The molecule has 0 aromatic carbocycles. The lowest BCUT2D eigenvalue weighted by molar-refractivity contribution is 0.470. The van der Waals surface area contributed by atoms with Crippen LogP contribution in [0.3, 0.4) is 0 Å². The highest BCUT2D eigenvalue weighted by atomic mass is 32.3. The minimum Gasteiger partial charge on any atom is -0.215 e. The van der Waals surface area contributed by atoms with Crippen LogP contribution in [0.15, 0.2) is 0 Å². The van der Waals surface area contributed by atoms with Gasteiger partial charge in [0, 0.05) is 3.82 Å². The molecule has 0 spiro atoms. The van der Waals surface area contributed by atoms with E-state index in [0.717, 1.165) is 4.83 Å². The van der Waals surface area contributed by atoms with E-state index in [-0.39, 0.29) is 0 Å².